The van der Waals surface area contributed by atoms with Crippen molar-refractivity contribution in [1.29, 1.82) is 0 Å². The van der Waals surface area contributed by atoms with Crippen molar-refractivity contribution in [2.45, 2.75) is 46.2 Å². The van der Waals surface area contributed by atoms with Crippen LogP contribution in [0, 0.1) is 11.7 Å². The van der Waals surface area contributed by atoms with E-state index in [0.29, 0.717) is 18.9 Å². The lowest BCUT2D eigenvalue weighted by Crippen LogP contribution is -2.44. The van der Waals surface area contributed by atoms with Gasteiger partial charge in [-0.25, -0.2) is 14.4 Å². The maximum absolute atomic E-state index is 14.0. The van der Waals surface area contributed by atoms with Crippen molar-refractivity contribution in [3.8, 4) is 0 Å². The summed E-state index contributed by atoms with van der Waals surface area (Å²) in [6, 6.07) is 10.9. The highest BCUT2D eigenvalue weighted by molar-refractivity contribution is 14.0. The number of hydrogen-bond acceptors (Lipinski definition) is 4. The number of hydrogen-bond donors (Lipinski definition) is 3. The fourth-order valence-corrected chi connectivity index (χ4v) is 3.56. The molecular weight excluding hydrogens is 534 g/mol. The predicted molar refractivity (Wildman–Crippen MR) is 143 cm³/mol. The van der Waals surface area contributed by atoms with Crippen LogP contribution < -0.4 is 20.9 Å². The standard InChI is InChI=1S/C24H33FN6O.HI/c1-4-17(3)23(32)29-19-9-6-8-18(14-19)15-28-24(26-5-2)30-20-11-13-31(16-20)22-21(25)10-7-12-27-22;/h6-10,12,14,17,20H,4-5,11,13,15-16H2,1-3H3,(H,29,32)(H2,26,28,30);1H. The first kappa shape index (κ1) is 26.8. The van der Waals surface area contributed by atoms with Crippen LogP contribution in [0.3, 0.4) is 0 Å². The van der Waals surface area contributed by atoms with Crippen molar-refractivity contribution in [3.05, 3.63) is 54.0 Å². The van der Waals surface area contributed by atoms with E-state index in [1.165, 1.54) is 6.07 Å². The number of carbonyl (C=O) groups excluding carboxylic acids is 1. The van der Waals surface area contributed by atoms with Gasteiger partial charge in [-0.05, 0) is 49.6 Å². The monoisotopic (exact) mass is 568 g/mol. The molecule has 1 amide bonds. The second-order valence-corrected chi connectivity index (χ2v) is 8.08. The molecule has 1 saturated heterocycles. The quantitative estimate of drug-likeness (QED) is 0.253. The molecule has 1 aliphatic heterocycles. The average Bonchev–Trinajstić information content (AvgIpc) is 3.25. The van der Waals surface area contributed by atoms with Gasteiger partial charge in [-0.15, -0.1) is 24.0 Å². The van der Waals surface area contributed by atoms with Crippen LogP contribution in [0.15, 0.2) is 47.6 Å². The van der Waals surface area contributed by atoms with Crippen molar-refractivity contribution in [2.75, 3.05) is 29.9 Å². The van der Waals surface area contributed by atoms with Crippen LogP contribution in [-0.4, -0.2) is 42.5 Å². The highest BCUT2D eigenvalue weighted by atomic mass is 127. The van der Waals surface area contributed by atoms with E-state index in [1.807, 2.05) is 49.9 Å². The van der Waals surface area contributed by atoms with Gasteiger partial charge in [-0.2, -0.15) is 0 Å². The molecule has 3 rings (SSSR count). The zero-order chi connectivity index (χ0) is 22.9. The lowest BCUT2D eigenvalue weighted by molar-refractivity contribution is -0.119. The fourth-order valence-electron chi connectivity index (χ4n) is 3.56. The first-order valence-corrected chi connectivity index (χ1v) is 11.3. The van der Waals surface area contributed by atoms with Gasteiger partial charge >= 0.3 is 0 Å². The zero-order valence-corrected chi connectivity index (χ0v) is 21.8. The number of benzene rings is 1. The minimum atomic E-state index is -0.297. The van der Waals surface area contributed by atoms with Crippen LogP contribution in [0.2, 0.25) is 0 Å². The van der Waals surface area contributed by atoms with E-state index < -0.39 is 0 Å². The maximum Gasteiger partial charge on any atom is 0.227 e. The summed E-state index contributed by atoms with van der Waals surface area (Å²) in [5.74, 6) is 0.823. The Morgan fingerprint density at radius 3 is 2.85 bits per heavy atom. The minimum absolute atomic E-state index is 0. The fraction of sp³-hybridized carbons (Fsp3) is 0.458. The predicted octanol–water partition coefficient (Wildman–Crippen LogP) is 4.16. The van der Waals surface area contributed by atoms with Crippen molar-refractivity contribution >= 4 is 47.3 Å². The van der Waals surface area contributed by atoms with Gasteiger partial charge in [0.25, 0.3) is 0 Å². The van der Waals surface area contributed by atoms with Crippen LogP contribution in [-0.2, 0) is 11.3 Å². The van der Waals surface area contributed by atoms with Crippen molar-refractivity contribution in [1.82, 2.24) is 15.6 Å². The Morgan fingerprint density at radius 2 is 2.12 bits per heavy atom. The first-order valence-electron chi connectivity index (χ1n) is 11.3. The average molecular weight is 568 g/mol. The van der Waals surface area contributed by atoms with E-state index in [9.17, 15) is 9.18 Å². The molecular formula is C24H34FIN6O. The number of aliphatic imine (C=N–C) groups is 1. The number of aromatic nitrogens is 1. The Balaban J connectivity index is 0.00000385. The summed E-state index contributed by atoms with van der Waals surface area (Å²) in [6.07, 6.45) is 3.29. The van der Waals surface area contributed by atoms with Gasteiger partial charge < -0.3 is 20.9 Å². The Hall–Kier alpha value is -2.43. The molecule has 0 aliphatic carbocycles. The summed E-state index contributed by atoms with van der Waals surface area (Å²) in [4.78, 5) is 23.0. The highest BCUT2D eigenvalue weighted by Gasteiger charge is 2.25. The second kappa shape index (κ2) is 13.3. The van der Waals surface area contributed by atoms with Crippen LogP contribution in [0.1, 0.15) is 39.2 Å². The maximum atomic E-state index is 14.0. The molecule has 2 atom stereocenters. The summed E-state index contributed by atoms with van der Waals surface area (Å²) >= 11 is 0. The molecule has 7 nitrogen and oxygen atoms in total. The third-order valence-corrected chi connectivity index (χ3v) is 5.59. The zero-order valence-electron chi connectivity index (χ0n) is 19.5. The van der Waals surface area contributed by atoms with Gasteiger partial charge in [0.15, 0.2) is 17.6 Å². The Morgan fingerprint density at radius 1 is 1.30 bits per heavy atom. The van der Waals surface area contributed by atoms with Gasteiger partial charge in [-0.1, -0.05) is 26.0 Å². The minimum Gasteiger partial charge on any atom is -0.357 e. The third kappa shape index (κ3) is 7.83. The number of nitrogens with zero attached hydrogens (tertiary/aromatic N) is 3. The molecule has 180 valence electrons. The lowest BCUT2D eigenvalue weighted by Gasteiger charge is -2.20. The first-order chi connectivity index (χ1) is 15.5. The van der Waals surface area contributed by atoms with E-state index in [2.05, 4.69) is 20.9 Å². The van der Waals surface area contributed by atoms with E-state index in [0.717, 1.165) is 43.1 Å². The van der Waals surface area contributed by atoms with E-state index in [-0.39, 0.29) is 47.7 Å². The topological polar surface area (TPSA) is 81.6 Å². The SMILES string of the molecule is CCNC(=NCc1cccc(NC(=O)C(C)CC)c1)NC1CCN(c2ncccc2F)C1.I. The molecule has 1 fully saturated rings. The molecule has 0 radical (unpaired) electrons. The number of anilines is 2. The van der Waals surface area contributed by atoms with Gasteiger partial charge in [0, 0.05) is 43.5 Å². The van der Waals surface area contributed by atoms with Crippen molar-refractivity contribution in [3.63, 3.8) is 0 Å². The Bertz CT molecular complexity index is 941. The molecule has 33 heavy (non-hydrogen) atoms. The number of pyridine rings is 1. The molecule has 0 spiro atoms. The van der Waals surface area contributed by atoms with Crippen LogP contribution >= 0.6 is 24.0 Å². The summed E-state index contributed by atoms with van der Waals surface area (Å²) in [6.45, 7) is 8.56. The van der Waals surface area contributed by atoms with E-state index in [1.54, 1.807) is 12.3 Å². The molecule has 9 heteroatoms. The third-order valence-electron chi connectivity index (χ3n) is 5.59. The molecule has 1 aromatic heterocycles. The molecule has 0 saturated carbocycles. The summed E-state index contributed by atoms with van der Waals surface area (Å²) in [5.41, 5.74) is 1.79. The largest absolute Gasteiger partial charge is 0.357 e. The van der Waals surface area contributed by atoms with Gasteiger partial charge in [0.2, 0.25) is 5.91 Å². The number of carbonyl (C=O) groups is 1. The highest BCUT2D eigenvalue weighted by Crippen LogP contribution is 2.21. The van der Waals surface area contributed by atoms with E-state index in [4.69, 9.17) is 4.99 Å². The molecule has 3 N–H and O–H groups in total. The lowest BCUT2D eigenvalue weighted by atomic mass is 10.1. The van der Waals surface area contributed by atoms with E-state index >= 15 is 0 Å². The second-order valence-electron chi connectivity index (χ2n) is 8.08. The van der Waals surface area contributed by atoms with Gasteiger partial charge in [0.05, 0.1) is 6.54 Å². The molecule has 0 bridgehead atoms. The summed E-state index contributed by atoms with van der Waals surface area (Å²) in [7, 11) is 0. The van der Waals surface area contributed by atoms with Gasteiger partial charge in [-0.3, -0.25) is 4.79 Å². The van der Waals surface area contributed by atoms with Gasteiger partial charge in [0.1, 0.15) is 0 Å². The molecule has 1 aliphatic rings. The van der Waals surface area contributed by atoms with Crippen LogP contribution in [0.4, 0.5) is 15.9 Å². The number of amides is 1. The molecule has 2 unspecified atom stereocenters. The number of guanidine groups is 1. The molecule has 2 heterocycles. The summed E-state index contributed by atoms with van der Waals surface area (Å²) < 4.78 is 14.0. The number of nitrogens with one attached hydrogen (secondary N) is 3. The van der Waals surface area contributed by atoms with Crippen molar-refractivity contribution < 1.29 is 9.18 Å². The Labute approximate surface area is 212 Å². The van der Waals surface area contributed by atoms with Crippen LogP contribution in [0.25, 0.3) is 0 Å². The van der Waals surface area contributed by atoms with Crippen LogP contribution in [0.5, 0.6) is 0 Å². The summed E-state index contributed by atoms with van der Waals surface area (Å²) in [5, 5.41) is 9.70. The number of rotatable bonds is 8. The molecule has 2 aromatic rings. The normalized spacial score (nSPS) is 16.7. The number of halogens is 2. The van der Waals surface area contributed by atoms with Crippen molar-refractivity contribution in [2.24, 2.45) is 10.9 Å². The smallest absolute Gasteiger partial charge is 0.227 e. The Kier molecular flexibility index (Phi) is 10.8. The molecule has 1 aromatic carbocycles.